The Kier molecular flexibility index (Phi) is 4.95. The van der Waals surface area contributed by atoms with E-state index in [0.717, 1.165) is 24.2 Å². The highest BCUT2D eigenvalue weighted by atomic mass is 16.5. The van der Waals surface area contributed by atoms with E-state index >= 15 is 0 Å². The van der Waals surface area contributed by atoms with Crippen LogP contribution in [0.2, 0.25) is 0 Å². The third-order valence-corrected chi connectivity index (χ3v) is 5.52. The van der Waals surface area contributed by atoms with E-state index < -0.39 is 0 Å². The van der Waals surface area contributed by atoms with Crippen molar-refractivity contribution >= 4 is 22.4 Å². The fraction of sp³-hybridized carbons (Fsp3) is 0.292. The molecule has 1 aliphatic rings. The lowest BCUT2D eigenvalue weighted by atomic mass is 9.81. The van der Waals surface area contributed by atoms with Crippen molar-refractivity contribution in [2.24, 2.45) is 0 Å². The minimum Gasteiger partial charge on any atom is -0.493 e. The zero-order valence-electron chi connectivity index (χ0n) is 16.6. The standard InChI is InChI=1S/C24H25NO3/c1-4-13-25-20-11-9-16-7-5-6-8-18(16)24(20)19(15-23(25)26)17-10-12-21(27-2)22(14-17)28-3/h5-12,14,19H,4,13,15H2,1-3H3. The Labute approximate surface area is 165 Å². The lowest BCUT2D eigenvalue weighted by Gasteiger charge is -2.35. The van der Waals surface area contributed by atoms with Gasteiger partial charge < -0.3 is 14.4 Å². The van der Waals surface area contributed by atoms with Gasteiger partial charge in [-0.1, -0.05) is 43.3 Å². The van der Waals surface area contributed by atoms with Gasteiger partial charge in [-0.15, -0.1) is 0 Å². The first kappa shape index (κ1) is 18.4. The van der Waals surface area contributed by atoms with Crippen LogP contribution in [0.25, 0.3) is 10.8 Å². The van der Waals surface area contributed by atoms with Gasteiger partial charge in [0.05, 0.1) is 14.2 Å². The van der Waals surface area contributed by atoms with Gasteiger partial charge in [0.15, 0.2) is 11.5 Å². The highest BCUT2D eigenvalue weighted by molar-refractivity contribution is 6.03. The first-order chi connectivity index (χ1) is 13.7. The number of carbonyl (C=O) groups is 1. The topological polar surface area (TPSA) is 38.8 Å². The average molecular weight is 375 g/mol. The molecule has 0 bridgehead atoms. The Morgan fingerprint density at radius 2 is 1.79 bits per heavy atom. The summed E-state index contributed by atoms with van der Waals surface area (Å²) in [6.07, 6.45) is 1.38. The van der Waals surface area contributed by atoms with Gasteiger partial charge in [0.1, 0.15) is 0 Å². The molecule has 1 amide bonds. The number of nitrogens with zero attached hydrogens (tertiary/aromatic N) is 1. The zero-order chi connectivity index (χ0) is 19.7. The molecule has 0 radical (unpaired) electrons. The Bertz CT molecular complexity index is 1030. The number of fused-ring (bicyclic) bond motifs is 3. The molecular weight excluding hydrogens is 350 g/mol. The van der Waals surface area contributed by atoms with Crippen LogP contribution in [0.3, 0.4) is 0 Å². The van der Waals surface area contributed by atoms with Crippen LogP contribution in [0.5, 0.6) is 11.5 Å². The Morgan fingerprint density at radius 3 is 2.54 bits per heavy atom. The molecule has 0 N–H and O–H groups in total. The van der Waals surface area contributed by atoms with E-state index in [2.05, 4.69) is 43.3 Å². The van der Waals surface area contributed by atoms with Crippen LogP contribution in [-0.4, -0.2) is 26.7 Å². The highest BCUT2D eigenvalue weighted by Crippen LogP contribution is 2.45. The maximum absolute atomic E-state index is 13.0. The van der Waals surface area contributed by atoms with Gasteiger partial charge in [-0.25, -0.2) is 0 Å². The molecule has 1 aliphatic heterocycles. The molecular formula is C24H25NO3. The van der Waals surface area contributed by atoms with E-state index in [1.54, 1.807) is 14.2 Å². The molecule has 4 heteroatoms. The van der Waals surface area contributed by atoms with E-state index in [-0.39, 0.29) is 11.8 Å². The van der Waals surface area contributed by atoms with Crippen molar-refractivity contribution < 1.29 is 14.3 Å². The van der Waals surface area contributed by atoms with Gasteiger partial charge in [-0.3, -0.25) is 4.79 Å². The summed E-state index contributed by atoms with van der Waals surface area (Å²) in [5, 5.41) is 2.39. The molecule has 3 aromatic carbocycles. The van der Waals surface area contributed by atoms with Crippen molar-refractivity contribution in [3.8, 4) is 11.5 Å². The molecule has 0 spiro atoms. The molecule has 144 valence electrons. The fourth-order valence-corrected chi connectivity index (χ4v) is 4.23. The van der Waals surface area contributed by atoms with Crippen molar-refractivity contribution in [3.63, 3.8) is 0 Å². The molecule has 1 unspecified atom stereocenters. The predicted octanol–water partition coefficient (Wildman–Crippen LogP) is 5.14. The first-order valence-corrected chi connectivity index (χ1v) is 9.71. The van der Waals surface area contributed by atoms with Crippen LogP contribution in [0, 0.1) is 0 Å². The normalized spacial score (nSPS) is 16.2. The van der Waals surface area contributed by atoms with Gasteiger partial charge in [-0.05, 0) is 46.5 Å². The maximum atomic E-state index is 13.0. The number of anilines is 1. The summed E-state index contributed by atoms with van der Waals surface area (Å²) < 4.78 is 10.9. The number of hydrogen-bond donors (Lipinski definition) is 0. The van der Waals surface area contributed by atoms with Crippen LogP contribution in [-0.2, 0) is 4.79 Å². The van der Waals surface area contributed by atoms with Crippen LogP contribution in [0.1, 0.15) is 36.8 Å². The Morgan fingerprint density at radius 1 is 1.00 bits per heavy atom. The number of hydrogen-bond acceptors (Lipinski definition) is 3. The lowest BCUT2D eigenvalue weighted by molar-refractivity contribution is -0.119. The molecule has 1 atom stereocenters. The Balaban J connectivity index is 1.94. The van der Waals surface area contributed by atoms with Gasteiger partial charge >= 0.3 is 0 Å². The first-order valence-electron chi connectivity index (χ1n) is 9.71. The summed E-state index contributed by atoms with van der Waals surface area (Å²) in [6, 6.07) is 18.6. The van der Waals surface area contributed by atoms with Gasteiger partial charge in [0.2, 0.25) is 5.91 Å². The van der Waals surface area contributed by atoms with Crippen LogP contribution < -0.4 is 14.4 Å². The largest absolute Gasteiger partial charge is 0.493 e. The van der Waals surface area contributed by atoms with E-state index in [0.29, 0.717) is 17.9 Å². The summed E-state index contributed by atoms with van der Waals surface area (Å²) >= 11 is 0. The average Bonchev–Trinajstić information content (AvgIpc) is 2.74. The van der Waals surface area contributed by atoms with E-state index in [1.807, 2.05) is 23.1 Å². The summed E-state index contributed by atoms with van der Waals surface area (Å²) in [5.74, 6) is 1.54. The number of benzene rings is 3. The number of amides is 1. The van der Waals surface area contributed by atoms with E-state index in [9.17, 15) is 4.79 Å². The fourth-order valence-electron chi connectivity index (χ4n) is 4.23. The minimum atomic E-state index is -0.0125. The minimum absolute atomic E-state index is 0.0125. The monoisotopic (exact) mass is 375 g/mol. The number of methoxy groups -OCH3 is 2. The van der Waals surface area contributed by atoms with E-state index in [4.69, 9.17) is 9.47 Å². The van der Waals surface area contributed by atoms with Crippen LogP contribution in [0.15, 0.2) is 54.6 Å². The maximum Gasteiger partial charge on any atom is 0.227 e. The second kappa shape index (κ2) is 7.55. The predicted molar refractivity (Wildman–Crippen MR) is 113 cm³/mol. The lowest BCUT2D eigenvalue weighted by Crippen LogP contribution is -2.37. The quantitative estimate of drug-likeness (QED) is 0.620. The molecule has 0 aromatic heterocycles. The highest BCUT2D eigenvalue weighted by Gasteiger charge is 2.33. The van der Waals surface area contributed by atoms with Gasteiger partial charge in [0.25, 0.3) is 0 Å². The molecule has 0 fully saturated rings. The molecule has 0 saturated carbocycles. The van der Waals surface area contributed by atoms with Crippen molar-refractivity contribution in [1.29, 1.82) is 0 Å². The van der Waals surface area contributed by atoms with Crippen molar-refractivity contribution in [2.45, 2.75) is 25.7 Å². The SMILES string of the molecule is CCCN1C(=O)CC(c2ccc(OC)c(OC)c2)c2c1ccc1ccccc21. The molecule has 28 heavy (non-hydrogen) atoms. The summed E-state index contributed by atoms with van der Waals surface area (Å²) in [5.41, 5.74) is 3.31. The molecule has 1 heterocycles. The summed E-state index contributed by atoms with van der Waals surface area (Å²) in [6.45, 7) is 2.84. The molecule has 3 aromatic rings. The molecule has 0 saturated heterocycles. The van der Waals surface area contributed by atoms with Crippen LogP contribution in [0.4, 0.5) is 5.69 Å². The van der Waals surface area contributed by atoms with Gasteiger partial charge in [0, 0.05) is 24.6 Å². The third-order valence-electron chi connectivity index (χ3n) is 5.52. The Hall–Kier alpha value is -3.01. The molecule has 4 nitrogen and oxygen atoms in total. The van der Waals surface area contributed by atoms with Crippen LogP contribution >= 0.6 is 0 Å². The van der Waals surface area contributed by atoms with Crippen molar-refractivity contribution in [3.05, 3.63) is 65.7 Å². The smallest absolute Gasteiger partial charge is 0.227 e. The molecule has 0 aliphatic carbocycles. The van der Waals surface area contributed by atoms with Crippen molar-refractivity contribution in [2.75, 3.05) is 25.7 Å². The zero-order valence-corrected chi connectivity index (χ0v) is 16.6. The number of carbonyl (C=O) groups excluding carboxylic acids is 1. The van der Waals surface area contributed by atoms with Crippen molar-refractivity contribution in [1.82, 2.24) is 0 Å². The number of rotatable bonds is 5. The van der Waals surface area contributed by atoms with Gasteiger partial charge in [-0.2, -0.15) is 0 Å². The third kappa shape index (κ3) is 2.99. The number of ether oxygens (including phenoxy) is 2. The second-order valence-electron chi connectivity index (χ2n) is 7.14. The summed E-state index contributed by atoms with van der Waals surface area (Å²) in [4.78, 5) is 15.0. The van der Waals surface area contributed by atoms with E-state index in [1.165, 1.54) is 16.3 Å². The summed E-state index contributed by atoms with van der Waals surface area (Å²) in [7, 11) is 3.27. The molecule has 4 rings (SSSR count). The second-order valence-corrected chi connectivity index (χ2v) is 7.14.